The molecule has 2 aromatic rings. The standard InChI is InChI=1S/C17H21N5O3/c1-11-3-6-21(9-11)14-8-12(2-5-18-14)16(23)22-7-4-13(10-22)15-19-17(24)25-20-15/h2,5,8,11,13H,3-4,6-7,9-10H2,1H3,(H,19,20,24). The van der Waals surface area contributed by atoms with E-state index in [4.69, 9.17) is 0 Å². The van der Waals surface area contributed by atoms with Gasteiger partial charge < -0.3 is 9.80 Å². The van der Waals surface area contributed by atoms with Crippen molar-refractivity contribution in [3.8, 4) is 0 Å². The summed E-state index contributed by atoms with van der Waals surface area (Å²) >= 11 is 0. The van der Waals surface area contributed by atoms with E-state index in [-0.39, 0.29) is 11.8 Å². The van der Waals surface area contributed by atoms with Crippen molar-refractivity contribution in [1.82, 2.24) is 20.0 Å². The molecule has 2 fully saturated rings. The minimum Gasteiger partial charge on any atom is -0.356 e. The van der Waals surface area contributed by atoms with Crippen LogP contribution >= 0.6 is 0 Å². The SMILES string of the molecule is CC1CCN(c2cc(C(=O)N3CCC(c4noc(=O)[nH]4)C3)ccn2)C1. The van der Waals surface area contributed by atoms with Crippen LogP contribution in [-0.4, -0.2) is 52.1 Å². The Bertz CT molecular complexity index is 829. The number of likely N-dealkylation sites (tertiary alicyclic amines) is 1. The summed E-state index contributed by atoms with van der Waals surface area (Å²) in [6, 6.07) is 3.64. The van der Waals surface area contributed by atoms with Crippen molar-refractivity contribution >= 4 is 11.7 Å². The largest absolute Gasteiger partial charge is 0.438 e. The first-order valence-corrected chi connectivity index (χ1v) is 8.66. The Morgan fingerprint density at radius 3 is 2.92 bits per heavy atom. The summed E-state index contributed by atoms with van der Waals surface area (Å²) in [7, 11) is 0. The lowest BCUT2D eigenvalue weighted by atomic mass is 10.1. The Morgan fingerprint density at radius 2 is 2.20 bits per heavy atom. The number of amides is 1. The average molecular weight is 343 g/mol. The van der Waals surface area contributed by atoms with E-state index in [0.717, 1.165) is 31.7 Å². The number of carbonyl (C=O) groups excluding carboxylic acids is 1. The highest BCUT2D eigenvalue weighted by Crippen LogP contribution is 2.27. The molecular weight excluding hydrogens is 322 g/mol. The molecule has 25 heavy (non-hydrogen) atoms. The molecule has 2 aliphatic heterocycles. The molecule has 4 rings (SSSR count). The van der Waals surface area contributed by atoms with Gasteiger partial charge in [0.25, 0.3) is 5.91 Å². The van der Waals surface area contributed by atoms with Crippen LogP contribution < -0.4 is 10.7 Å². The third kappa shape index (κ3) is 3.16. The number of nitrogens with one attached hydrogen (secondary N) is 1. The number of nitrogens with zero attached hydrogens (tertiary/aromatic N) is 4. The van der Waals surface area contributed by atoms with Crippen molar-refractivity contribution in [3.63, 3.8) is 0 Å². The Balaban J connectivity index is 1.47. The highest BCUT2D eigenvalue weighted by Gasteiger charge is 2.31. The predicted octanol–water partition coefficient (Wildman–Crippen LogP) is 1.23. The van der Waals surface area contributed by atoms with E-state index in [0.29, 0.717) is 30.4 Å². The lowest BCUT2D eigenvalue weighted by Crippen LogP contribution is -2.29. The zero-order valence-corrected chi connectivity index (χ0v) is 14.1. The number of rotatable bonds is 3. The van der Waals surface area contributed by atoms with Crippen LogP contribution in [0.2, 0.25) is 0 Å². The van der Waals surface area contributed by atoms with E-state index in [1.54, 1.807) is 17.2 Å². The number of hydrogen-bond acceptors (Lipinski definition) is 6. The third-order valence-electron chi connectivity index (χ3n) is 5.06. The maximum Gasteiger partial charge on any atom is 0.438 e. The molecule has 0 aromatic carbocycles. The summed E-state index contributed by atoms with van der Waals surface area (Å²) < 4.78 is 4.56. The van der Waals surface area contributed by atoms with E-state index >= 15 is 0 Å². The van der Waals surface area contributed by atoms with Gasteiger partial charge in [-0.1, -0.05) is 12.1 Å². The summed E-state index contributed by atoms with van der Waals surface area (Å²) in [5, 5.41) is 3.74. The molecule has 1 N–H and O–H groups in total. The van der Waals surface area contributed by atoms with Crippen molar-refractivity contribution in [1.29, 1.82) is 0 Å². The number of anilines is 1. The zero-order chi connectivity index (χ0) is 17.4. The first-order chi connectivity index (χ1) is 12.1. The van der Waals surface area contributed by atoms with Gasteiger partial charge in [-0.2, -0.15) is 0 Å². The van der Waals surface area contributed by atoms with Crippen LogP contribution in [-0.2, 0) is 0 Å². The van der Waals surface area contributed by atoms with E-state index in [1.807, 2.05) is 6.07 Å². The Labute approximate surface area is 144 Å². The number of aromatic nitrogens is 3. The van der Waals surface area contributed by atoms with Gasteiger partial charge in [-0.05, 0) is 30.9 Å². The van der Waals surface area contributed by atoms with Crippen molar-refractivity contribution < 1.29 is 9.32 Å². The summed E-state index contributed by atoms with van der Waals surface area (Å²) in [6.45, 7) is 5.36. The van der Waals surface area contributed by atoms with Gasteiger partial charge >= 0.3 is 5.76 Å². The summed E-state index contributed by atoms with van der Waals surface area (Å²) in [6.07, 6.45) is 3.62. The smallest absolute Gasteiger partial charge is 0.356 e. The maximum absolute atomic E-state index is 12.8. The summed E-state index contributed by atoms with van der Waals surface area (Å²) in [4.78, 5) is 34.9. The van der Waals surface area contributed by atoms with Crippen LogP contribution in [0.4, 0.5) is 5.82 Å². The molecule has 132 valence electrons. The quantitative estimate of drug-likeness (QED) is 0.901. The van der Waals surface area contributed by atoms with Crippen LogP contribution in [0.25, 0.3) is 0 Å². The van der Waals surface area contributed by atoms with Crippen molar-refractivity contribution in [2.45, 2.75) is 25.7 Å². The van der Waals surface area contributed by atoms with Crippen LogP contribution in [0.3, 0.4) is 0 Å². The molecule has 2 unspecified atom stereocenters. The van der Waals surface area contributed by atoms with Gasteiger partial charge in [0.05, 0.1) is 0 Å². The summed E-state index contributed by atoms with van der Waals surface area (Å²) in [5.41, 5.74) is 0.652. The van der Waals surface area contributed by atoms with E-state index < -0.39 is 5.76 Å². The number of carbonyl (C=O) groups is 1. The molecule has 2 aromatic heterocycles. The van der Waals surface area contributed by atoms with Crippen LogP contribution in [0.1, 0.15) is 41.9 Å². The average Bonchev–Trinajstić information content (AvgIpc) is 3.34. The lowest BCUT2D eigenvalue weighted by Gasteiger charge is -2.19. The first kappa shape index (κ1) is 15.9. The Kier molecular flexibility index (Phi) is 4.03. The molecule has 0 bridgehead atoms. The van der Waals surface area contributed by atoms with Gasteiger partial charge in [0, 0.05) is 43.9 Å². The highest BCUT2D eigenvalue weighted by atomic mass is 16.5. The normalized spacial score (nSPS) is 23.4. The van der Waals surface area contributed by atoms with Gasteiger partial charge in [0.2, 0.25) is 0 Å². The monoisotopic (exact) mass is 343 g/mol. The fourth-order valence-corrected chi connectivity index (χ4v) is 3.64. The Morgan fingerprint density at radius 1 is 1.32 bits per heavy atom. The molecule has 0 radical (unpaired) electrons. The van der Waals surface area contributed by atoms with Gasteiger partial charge in [-0.25, -0.2) is 9.78 Å². The van der Waals surface area contributed by atoms with E-state index in [1.165, 1.54) is 0 Å². The number of pyridine rings is 1. The number of aromatic amines is 1. The molecule has 1 amide bonds. The fourth-order valence-electron chi connectivity index (χ4n) is 3.64. The number of H-pyrrole nitrogens is 1. The topological polar surface area (TPSA) is 95.3 Å². The van der Waals surface area contributed by atoms with Gasteiger partial charge in [0.15, 0.2) is 5.82 Å². The molecule has 4 heterocycles. The van der Waals surface area contributed by atoms with Gasteiger partial charge in [-0.3, -0.25) is 14.3 Å². The molecule has 0 aliphatic carbocycles. The Hall–Kier alpha value is -2.64. The molecule has 8 nitrogen and oxygen atoms in total. The van der Waals surface area contributed by atoms with Gasteiger partial charge in [0.1, 0.15) is 5.82 Å². The lowest BCUT2D eigenvalue weighted by molar-refractivity contribution is 0.0790. The zero-order valence-electron chi connectivity index (χ0n) is 14.1. The predicted molar refractivity (Wildman–Crippen MR) is 90.6 cm³/mol. The minimum absolute atomic E-state index is 0.00997. The molecule has 2 aliphatic rings. The van der Waals surface area contributed by atoms with Crippen LogP contribution in [0.15, 0.2) is 27.6 Å². The molecule has 2 atom stereocenters. The highest BCUT2D eigenvalue weighted by molar-refractivity contribution is 5.95. The summed E-state index contributed by atoms with van der Waals surface area (Å²) in [5.74, 6) is 1.48. The fraction of sp³-hybridized carbons (Fsp3) is 0.529. The first-order valence-electron chi connectivity index (χ1n) is 8.66. The molecule has 8 heteroatoms. The second kappa shape index (κ2) is 6.34. The second-order valence-corrected chi connectivity index (χ2v) is 6.96. The molecule has 0 spiro atoms. The third-order valence-corrected chi connectivity index (χ3v) is 5.06. The van der Waals surface area contributed by atoms with Crippen molar-refractivity contribution in [2.75, 3.05) is 31.1 Å². The van der Waals surface area contributed by atoms with Crippen LogP contribution in [0.5, 0.6) is 0 Å². The van der Waals surface area contributed by atoms with Gasteiger partial charge in [-0.15, -0.1) is 0 Å². The maximum atomic E-state index is 12.8. The van der Waals surface area contributed by atoms with Crippen molar-refractivity contribution in [2.24, 2.45) is 5.92 Å². The molecular formula is C17H21N5O3. The van der Waals surface area contributed by atoms with E-state index in [2.05, 4.69) is 31.5 Å². The van der Waals surface area contributed by atoms with Crippen molar-refractivity contribution in [3.05, 3.63) is 40.3 Å². The molecule has 2 saturated heterocycles. The second-order valence-electron chi connectivity index (χ2n) is 6.96. The number of hydrogen-bond donors (Lipinski definition) is 1. The minimum atomic E-state index is -0.557. The van der Waals surface area contributed by atoms with Crippen LogP contribution in [0, 0.1) is 5.92 Å². The van der Waals surface area contributed by atoms with E-state index in [9.17, 15) is 9.59 Å². The molecule has 0 saturated carbocycles.